The maximum absolute atomic E-state index is 15.7. The third kappa shape index (κ3) is 30.5. The summed E-state index contributed by atoms with van der Waals surface area (Å²) in [6.07, 6.45) is -2.63. The van der Waals surface area contributed by atoms with Crippen molar-refractivity contribution in [1.82, 2.24) is 79.1 Å². The number of aromatic nitrogens is 2. The van der Waals surface area contributed by atoms with Gasteiger partial charge in [0.15, 0.2) is 0 Å². The van der Waals surface area contributed by atoms with Crippen molar-refractivity contribution in [3.8, 4) is 5.75 Å². The summed E-state index contributed by atoms with van der Waals surface area (Å²) in [5.41, 5.74) is 34.0. The number of thioether (sulfide) groups is 1. The van der Waals surface area contributed by atoms with Gasteiger partial charge >= 0.3 is 0 Å². The summed E-state index contributed by atoms with van der Waals surface area (Å²) < 4.78 is 5.72. The summed E-state index contributed by atoms with van der Waals surface area (Å²) in [6, 6.07) is 3.22. The van der Waals surface area contributed by atoms with Crippen LogP contribution in [0.15, 0.2) is 85.2 Å². The summed E-state index contributed by atoms with van der Waals surface area (Å²) >= 11 is 0.925. The molecular formula is C76H107N21O19S. The van der Waals surface area contributed by atoms with Crippen LogP contribution in [0.1, 0.15) is 115 Å². The molecule has 17 amide bonds. The lowest BCUT2D eigenvalue weighted by Crippen LogP contribution is -2.64. The molecule has 28 N–H and O–H groups in total. The highest BCUT2D eigenvalue weighted by molar-refractivity contribution is 7.99. The Morgan fingerprint density at radius 1 is 0.581 bits per heavy atom. The number of unbranched alkanes of at least 4 members (excludes halogenated alkanes) is 1. The third-order valence-corrected chi connectivity index (χ3v) is 20.0. The Balaban J connectivity index is 1.45. The molecule has 0 aliphatic carbocycles. The molecule has 0 spiro atoms. The molecule has 6 rings (SSSR count). The molecule has 0 bridgehead atoms. The van der Waals surface area contributed by atoms with Gasteiger partial charge in [-0.25, -0.2) is 0 Å². The Morgan fingerprint density at radius 3 is 1.74 bits per heavy atom. The number of primary amides is 4. The molecule has 12 atom stereocenters. The summed E-state index contributed by atoms with van der Waals surface area (Å²) in [4.78, 5) is 242. The van der Waals surface area contributed by atoms with Crippen LogP contribution in [-0.2, 0) is 101 Å². The monoisotopic (exact) mass is 1650 g/mol. The fourth-order valence-corrected chi connectivity index (χ4v) is 13.7. The van der Waals surface area contributed by atoms with Crippen molar-refractivity contribution in [1.29, 1.82) is 0 Å². The van der Waals surface area contributed by atoms with Gasteiger partial charge in [-0.1, -0.05) is 48.5 Å². The normalized spacial score (nSPS) is 18.9. The van der Waals surface area contributed by atoms with Gasteiger partial charge in [-0.15, -0.1) is 0 Å². The minimum Gasteiger partial charge on any atom is -0.492 e. The molecule has 5 aromatic rings. The van der Waals surface area contributed by atoms with Crippen LogP contribution in [0, 0.1) is 0 Å². The van der Waals surface area contributed by atoms with Crippen molar-refractivity contribution in [3.63, 3.8) is 0 Å². The fourth-order valence-electron chi connectivity index (χ4n) is 12.6. The van der Waals surface area contributed by atoms with E-state index < -0.39 is 211 Å². The number of carbonyl (C=O) groups is 17. The third-order valence-electron chi connectivity index (χ3n) is 18.9. The molecule has 0 unspecified atom stereocenters. The zero-order valence-electron chi connectivity index (χ0n) is 65.5. The molecule has 117 heavy (non-hydrogen) atoms. The molecule has 1 saturated heterocycles. The number of para-hydroxylation sites is 2. The number of nitrogens with two attached hydrogens (primary N) is 6. The maximum atomic E-state index is 15.7. The average molecular weight is 1650 g/mol. The maximum Gasteiger partial charge on any atom is 0.246 e. The average Bonchev–Trinajstić information content (AvgIpc) is 1.71. The van der Waals surface area contributed by atoms with Gasteiger partial charge in [-0.3, -0.25) is 81.5 Å². The Labute approximate surface area is 677 Å². The van der Waals surface area contributed by atoms with E-state index in [4.69, 9.17) is 39.1 Å². The minimum atomic E-state index is -2.03. The Hall–Kier alpha value is -12.2. The van der Waals surface area contributed by atoms with Crippen LogP contribution in [0.3, 0.4) is 0 Å². The number of hydrogen-bond donors (Lipinski definition) is 22. The smallest absolute Gasteiger partial charge is 0.246 e. The van der Waals surface area contributed by atoms with E-state index in [1.54, 1.807) is 85.2 Å². The number of nitrogens with one attached hydrogen (secondary N) is 15. The second kappa shape index (κ2) is 46.3. The number of rotatable bonds is 40. The number of ether oxygens (including phenoxy) is 1. The number of hydrogen-bond acceptors (Lipinski definition) is 22. The molecule has 1 fully saturated rings. The lowest BCUT2D eigenvalue weighted by Gasteiger charge is -2.34. The summed E-state index contributed by atoms with van der Waals surface area (Å²) in [5, 5.41) is 45.6. The molecule has 0 radical (unpaired) electrons. The largest absolute Gasteiger partial charge is 0.492 e. The van der Waals surface area contributed by atoms with E-state index in [0.717, 1.165) is 25.6 Å². The highest BCUT2D eigenvalue weighted by atomic mass is 32.2. The van der Waals surface area contributed by atoms with Crippen LogP contribution in [0.4, 0.5) is 0 Å². The van der Waals surface area contributed by atoms with E-state index in [1.807, 2.05) is 0 Å². The number of aliphatic hydroxyl groups excluding tert-OH is 1. The van der Waals surface area contributed by atoms with E-state index >= 15 is 28.8 Å². The van der Waals surface area contributed by atoms with Crippen molar-refractivity contribution in [2.24, 2.45) is 34.4 Å². The lowest BCUT2D eigenvalue weighted by atomic mass is 9.92. The molecule has 41 heteroatoms. The van der Waals surface area contributed by atoms with Gasteiger partial charge in [-0.2, -0.15) is 11.8 Å². The lowest BCUT2D eigenvalue weighted by molar-refractivity contribution is -0.138. The predicted molar refractivity (Wildman–Crippen MR) is 428 cm³/mol. The molecule has 1 aliphatic rings. The van der Waals surface area contributed by atoms with Crippen LogP contribution in [0.2, 0.25) is 0 Å². The van der Waals surface area contributed by atoms with Crippen molar-refractivity contribution >= 4 is 134 Å². The number of fused-ring (bicyclic) bond motifs is 2. The molecule has 0 saturated carbocycles. The molecule has 1 aliphatic heterocycles. The van der Waals surface area contributed by atoms with E-state index in [-0.39, 0.29) is 95.7 Å². The fraction of sp³-hybridized carbons (Fsp3) is 0.487. The second-order valence-corrected chi connectivity index (χ2v) is 29.6. The van der Waals surface area contributed by atoms with Crippen LogP contribution in [0.25, 0.3) is 21.8 Å². The molecule has 3 aromatic carbocycles. The predicted octanol–water partition coefficient (Wildman–Crippen LogP) is -5.67. The van der Waals surface area contributed by atoms with Gasteiger partial charge in [0, 0.05) is 99.0 Å². The highest BCUT2D eigenvalue weighted by Crippen LogP contribution is 2.24. The van der Waals surface area contributed by atoms with Crippen molar-refractivity contribution < 1.29 is 91.4 Å². The first-order valence-electron chi connectivity index (χ1n) is 38.0. The van der Waals surface area contributed by atoms with Gasteiger partial charge in [0.25, 0.3) is 0 Å². The van der Waals surface area contributed by atoms with Gasteiger partial charge < -0.3 is 123 Å². The second-order valence-electron chi connectivity index (χ2n) is 28.5. The summed E-state index contributed by atoms with van der Waals surface area (Å²) in [7, 11) is 0. The van der Waals surface area contributed by atoms with E-state index in [2.05, 4.69) is 79.1 Å². The van der Waals surface area contributed by atoms with Crippen molar-refractivity contribution in [2.45, 2.75) is 190 Å². The van der Waals surface area contributed by atoms with Gasteiger partial charge in [0.2, 0.25) is 100 Å². The zero-order valence-corrected chi connectivity index (χ0v) is 66.3. The van der Waals surface area contributed by atoms with Crippen molar-refractivity contribution in [3.05, 3.63) is 102 Å². The van der Waals surface area contributed by atoms with E-state index in [1.165, 1.54) is 13.8 Å². The van der Waals surface area contributed by atoms with Crippen LogP contribution in [0.5, 0.6) is 5.75 Å². The number of carbonyl (C=O) groups excluding carboxylic acids is 17. The first-order chi connectivity index (χ1) is 55.6. The topological polar surface area (TPSA) is 664 Å². The van der Waals surface area contributed by atoms with Gasteiger partial charge in [-0.05, 0) is 118 Å². The van der Waals surface area contributed by atoms with Gasteiger partial charge in [0.1, 0.15) is 78.3 Å². The van der Waals surface area contributed by atoms with Crippen LogP contribution < -0.4 is 108 Å². The molecular weight excluding hydrogens is 1540 g/mol. The number of amides is 17. The standard InChI is InChI=1S/C76H107N21O19S/c1-40(98)64-74(114)93-56(33-44-36-84-49-14-7-5-12-47(44)49)71(111)89-52(21-23-60(79)101)67(107)94-59(39-117-31-25-54(87-42(3)100)68(108)88-53(69(109)96-64)22-24-61(80)102)72(112)90-55(32-43-17-19-46(20-18-43)116-30-28-78)70(110)91-57(34-45-37-85-50-15-8-6-13-48(45)50)73(113)97-76(4,26-11-27-77)75(115)95-51(16-9-10-29-83-41(2)99)66(106)92-58(35-62(81)103)65(105)86-38-63(82)104/h5-8,12-15,17-20,36-37,40,51-59,64,84-85,98H,9-11,16,21-35,38-39,77-78H2,1-4H3,(H2,79,101)(H2,80,102)(H2,81,103)(H2,82,104)(H,83,99)(H,86,105)(H,87,100)(H,88,108)(H,89,111)(H,90,112)(H,91,110)(H,92,106)(H,93,114)(H,94,107)(H,95,115)(H,96,109)(H,97,113)/t40-,51+,52+,53+,54+,55+,56+,57+,58+,59+,64+,76+/m1/s1. The SMILES string of the molecule is CC(=O)NCCCC[C@H](NC(=O)[C@](C)(CCCN)NC(=O)[C@H](Cc1c[nH]c2ccccc12)NC(=O)[C@H](Cc1ccc(OCCN)cc1)NC(=O)[C@@H]1CSCC[C@H](NC(C)=O)C(=O)N[C@@H](CCC(N)=O)C(=O)N[C@@H]([C@@H](C)O)C(=O)N[C@@H](Cc2c[nH]c3ccccc23)C(=O)N[C@@H](CCC(N)=O)C(=O)N1)C(=O)N[C@@H](CC(N)=O)C(=O)NCC(N)=O. The Morgan fingerprint density at radius 2 is 1.15 bits per heavy atom. The van der Waals surface area contributed by atoms with Gasteiger partial charge in [0.05, 0.1) is 19.1 Å². The molecule has 636 valence electrons. The first-order valence-corrected chi connectivity index (χ1v) is 39.2. The Kier molecular flexibility index (Phi) is 37.1. The molecule has 2 aromatic heterocycles. The first kappa shape index (κ1) is 93.6. The summed E-state index contributed by atoms with van der Waals surface area (Å²) in [5.74, 6) is -16.8. The number of aromatic amines is 2. The number of benzene rings is 3. The zero-order chi connectivity index (χ0) is 86.1. The van der Waals surface area contributed by atoms with Crippen LogP contribution in [-0.4, -0.2) is 232 Å². The van der Waals surface area contributed by atoms with E-state index in [0.29, 0.717) is 44.2 Å². The van der Waals surface area contributed by atoms with Crippen LogP contribution >= 0.6 is 11.8 Å². The highest BCUT2D eigenvalue weighted by Gasteiger charge is 2.42. The summed E-state index contributed by atoms with van der Waals surface area (Å²) in [6.45, 7) is 4.55. The van der Waals surface area contributed by atoms with Crippen molar-refractivity contribution in [2.75, 3.05) is 44.3 Å². The minimum absolute atomic E-state index is 0.0453. The quantitative estimate of drug-likeness (QED) is 0.0163. The molecule has 3 heterocycles. The van der Waals surface area contributed by atoms with E-state index in [9.17, 15) is 57.8 Å². The number of aliphatic hydroxyl groups is 1. The number of H-pyrrole nitrogens is 2. The molecule has 40 nitrogen and oxygen atoms in total. The Bertz CT molecular complexity index is 4370.